The molecule has 0 spiro atoms. The van der Waals surface area contributed by atoms with Crippen LogP contribution >= 0.6 is 0 Å². The van der Waals surface area contributed by atoms with Crippen molar-refractivity contribution in [2.24, 2.45) is 5.92 Å². The van der Waals surface area contributed by atoms with Crippen molar-refractivity contribution < 1.29 is 19.1 Å². The van der Waals surface area contributed by atoms with Crippen LogP contribution in [0.3, 0.4) is 0 Å². The Hall–Kier alpha value is -3.32. The molecule has 0 saturated heterocycles. The molecule has 2 amide bonds. The van der Waals surface area contributed by atoms with Gasteiger partial charge in [-0.25, -0.2) is 0 Å². The highest BCUT2D eigenvalue weighted by Crippen LogP contribution is 2.27. The topological polar surface area (TPSA) is 74.9 Å². The van der Waals surface area contributed by atoms with E-state index in [-0.39, 0.29) is 24.3 Å². The fourth-order valence-electron chi connectivity index (χ4n) is 5.00. The molecule has 1 aliphatic carbocycles. The summed E-state index contributed by atoms with van der Waals surface area (Å²) in [7, 11) is 3.26. The minimum absolute atomic E-state index is 0.0240. The summed E-state index contributed by atoms with van der Waals surface area (Å²) in [5, 5.41) is 1.17. The first-order chi connectivity index (χ1) is 17.6. The maximum absolute atomic E-state index is 13.6. The average Bonchev–Trinajstić information content (AvgIpc) is 3.59. The van der Waals surface area contributed by atoms with Gasteiger partial charge in [0.05, 0.1) is 20.3 Å². The van der Waals surface area contributed by atoms with Crippen LogP contribution in [-0.2, 0) is 27.3 Å². The molecule has 0 bridgehead atoms. The Morgan fingerprint density at radius 1 is 0.972 bits per heavy atom. The molecule has 0 aliphatic heterocycles. The molecule has 1 N–H and O–H groups in total. The van der Waals surface area contributed by atoms with Gasteiger partial charge in [0, 0.05) is 49.8 Å². The number of carbonyl (C=O) groups is 2. The molecule has 1 heterocycles. The fourth-order valence-corrected chi connectivity index (χ4v) is 5.00. The Bertz CT molecular complexity index is 1130. The third-order valence-corrected chi connectivity index (χ3v) is 7.12. The summed E-state index contributed by atoms with van der Waals surface area (Å²) in [5.74, 6) is 0.839. The molecule has 4 rings (SSSR count). The molecular formula is C29H37N3O4. The number of nitrogens with zero attached hydrogens (tertiary/aromatic N) is 2. The number of rotatable bonds is 12. The highest BCUT2D eigenvalue weighted by atomic mass is 16.5. The molecule has 0 radical (unpaired) electrons. The average molecular weight is 492 g/mol. The van der Waals surface area contributed by atoms with E-state index in [4.69, 9.17) is 9.47 Å². The van der Waals surface area contributed by atoms with E-state index in [1.807, 2.05) is 47.5 Å². The predicted octanol–water partition coefficient (Wildman–Crippen LogP) is 4.41. The Kier molecular flexibility index (Phi) is 9.01. The third-order valence-electron chi connectivity index (χ3n) is 7.12. The quantitative estimate of drug-likeness (QED) is 0.407. The minimum Gasteiger partial charge on any atom is -0.497 e. The van der Waals surface area contributed by atoms with Crippen LogP contribution in [-0.4, -0.2) is 67.1 Å². The molecule has 1 saturated carbocycles. The molecule has 1 aliphatic rings. The van der Waals surface area contributed by atoms with Crippen molar-refractivity contribution >= 4 is 22.7 Å². The van der Waals surface area contributed by atoms with Crippen molar-refractivity contribution in [2.75, 3.05) is 40.5 Å². The lowest BCUT2D eigenvalue weighted by molar-refractivity contribution is -0.143. The third kappa shape index (κ3) is 6.46. The van der Waals surface area contributed by atoms with Gasteiger partial charge in [-0.2, -0.15) is 0 Å². The van der Waals surface area contributed by atoms with E-state index in [9.17, 15) is 9.59 Å². The van der Waals surface area contributed by atoms with Gasteiger partial charge in [-0.05, 0) is 48.6 Å². The van der Waals surface area contributed by atoms with Gasteiger partial charge in [0.15, 0.2) is 0 Å². The second-order valence-electron chi connectivity index (χ2n) is 9.51. The smallest absolute Gasteiger partial charge is 0.242 e. The van der Waals surface area contributed by atoms with Crippen LogP contribution in [0.1, 0.15) is 36.8 Å². The van der Waals surface area contributed by atoms with Crippen LogP contribution in [0.25, 0.3) is 10.9 Å². The van der Waals surface area contributed by atoms with Crippen molar-refractivity contribution in [3.63, 3.8) is 0 Å². The fraction of sp³-hybridized carbons (Fsp3) is 0.448. The zero-order valence-electron chi connectivity index (χ0n) is 21.4. The van der Waals surface area contributed by atoms with E-state index in [1.54, 1.807) is 19.1 Å². The number of fused-ring (bicyclic) bond motifs is 1. The van der Waals surface area contributed by atoms with Crippen molar-refractivity contribution in [2.45, 2.75) is 38.6 Å². The number of carbonyl (C=O) groups excluding carboxylic acids is 2. The van der Waals surface area contributed by atoms with Gasteiger partial charge < -0.3 is 24.3 Å². The number of aromatic nitrogens is 1. The number of methoxy groups -OCH3 is 2. The van der Waals surface area contributed by atoms with Gasteiger partial charge in [-0.3, -0.25) is 9.59 Å². The maximum Gasteiger partial charge on any atom is 0.242 e. The Morgan fingerprint density at radius 3 is 2.44 bits per heavy atom. The van der Waals surface area contributed by atoms with Crippen LogP contribution < -0.4 is 4.74 Å². The number of amides is 2. The van der Waals surface area contributed by atoms with Crippen molar-refractivity contribution in [3.05, 3.63) is 65.9 Å². The van der Waals surface area contributed by atoms with Gasteiger partial charge in [-0.1, -0.05) is 43.2 Å². The Morgan fingerprint density at radius 2 is 1.72 bits per heavy atom. The SMILES string of the molecule is COCCN(CC(=O)N(CCc1c[nH]c2ccccc12)Cc1ccc(OC)cc1)C(=O)C1CCCC1. The molecule has 0 atom stereocenters. The second-order valence-corrected chi connectivity index (χ2v) is 9.51. The van der Waals surface area contributed by atoms with Gasteiger partial charge in [-0.15, -0.1) is 0 Å². The standard InChI is InChI=1S/C29H37N3O4/c1-35-18-17-32(29(34)23-7-3-4-8-23)21-28(33)31(20-22-11-13-25(36-2)14-12-22)16-15-24-19-30-27-10-6-5-9-26(24)27/h5-6,9-14,19,23,30H,3-4,7-8,15-18,20-21H2,1-2H3. The normalized spacial score (nSPS) is 13.7. The first-order valence-corrected chi connectivity index (χ1v) is 12.8. The summed E-state index contributed by atoms with van der Waals surface area (Å²) in [4.78, 5) is 33.7. The molecule has 36 heavy (non-hydrogen) atoms. The number of para-hydroxylation sites is 1. The number of aromatic amines is 1. The summed E-state index contributed by atoms with van der Waals surface area (Å²) in [5.41, 5.74) is 3.29. The number of hydrogen-bond donors (Lipinski definition) is 1. The van der Waals surface area contributed by atoms with Crippen molar-refractivity contribution in [1.82, 2.24) is 14.8 Å². The first kappa shape index (κ1) is 25.8. The van der Waals surface area contributed by atoms with Gasteiger partial charge >= 0.3 is 0 Å². The number of ether oxygens (including phenoxy) is 2. The highest BCUT2D eigenvalue weighted by molar-refractivity contribution is 5.86. The molecule has 1 fully saturated rings. The maximum atomic E-state index is 13.6. The highest BCUT2D eigenvalue weighted by Gasteiger charge is 2.29. The predicted molar refractivity (Wildman–Crippen MR) is 141 cm³/mol. The Balaban J connectivity index is 1.50. The summed E-state index contributed by atoms with van der Waals surface area (Å²) >= 11 is 0. The minimum atomic E-state index is -0.0480. The zero-order chi connectivity index (χ0) is 25.3. The van der Waals surface area contributed by atoms with E-state index in [0.717, 1.165) is 48.9 Å². The van der Waals surface area contributed by atoms with Crippen LogP contribution in [0.4, 0.5) is 0 Å². The molecule has 0 unspecified atom stereocenters. The van der Waals surface area contributed by atoms with Gasteiger partial charge in [0.25, 0.3) is 0 Å². The van der Waals surface area contributed by atoms with Crippen molar-refractivity contribution in [3.8, 4) is 5.75 Å². The van der Waals surface area contributed by atoms with E-state index in [2.05, 4.69) is 17.1 Å². The van der Waals surface area contributed by atoms with Crippen LogP contribution in [0, 0.1) is 5.92 Å². The number of benzene rings is 2. The molecule has 2 aromatic carbocycles. The molecule has 7 heteroatoms. The Labute approximate surface area is 213 Å². The van der Waals surface area contributed by atoms with Gasteiger partial charge in [0.1, 0.15) is 5.75 Å². The lowest BCUT2D eigenvalue weighted by Crippen LogP contribution is -2.46. The first-order valence-electron chi connectivity index (χ1n) is 12.8. The van der Waals surface area contributed by atoms with E-state index in [0.29, 0.717) is 26.2 Å². The largest absolute Gasteiger partial charge is 0.497 e. The summed E-state index contributed by atoms with van der Waals surface area (Å²) in [6, 6.07) is 16.0. The van der Waals surface area contributed by atoms with E-state index >= 15 is 0 Å². The summed E-state index contributed by atoms with van der Waals surface area (Å²) in [6.45, 7) is 1.95. The van der Waals surface area contributed by atoms with Crippen LogP contribution in [0.5, 0.6) is 5.75 Å². The number of hydrogen-bond acceptors (Lipinski definition) is 4. The molecular weight excluding hydrogens is 454 g/mol. The van der Waals surface area contributed by atoms with E-state index < -0.39 is 0 Å². The lowest BCUT2D eigenvalue weighted by Gasteiger charge is -2.29. The number of H-pyrrole nitrogens is 1. The van der Waals surface area contributed by atoms with Gasteiger partial charge in [0.2, 0.25) is 11.8 Å². The molecule has 3 aromatic rings. The van der Waals surface area contributed by atoms with Crippen molar-refractivity contribution in [1.29, 1.82) is 0 Å². The monoisotopic (exact) mass is 491 g/mol. The molecule has 192 valence electrons. The van der Waals surface area contributed by atoms with E-state index in [1.165, 1.54) is 10.9 Å². The van der Waals surface area contributed by atoms with Crippen LogP contribution in [0.15, 0.2) is 54.7 Å². The molecule has 1 aromatic heterocycles. The second kappa shape index (κ2) is 12.6. The van der Waals surface area contributed by atoms with Crippen LogP contribution in [0.2, 0.25) is 0 Å². The molecule has 7 nitrogen and oxygen atoms in total. The summed E-state index contributed by atoms with van der Waals surface area (Å²) in [6.07, 6.45) is 6.72. The lowest BCUT2D eigenvalue weighted by atomic mass is 10.1. The number of nitrogens with one attached hydrogen (secondary N) is 1. The zero-order valence-corrected chi connectivity index (χ0v) is 21.4. The summed E-state index contributed by atoms with van der Waals surface area (Å²) < 4.78 is 10.5.